The Bertz CT molecular complexity index is 1080. The first-order valence-corrected chi connectivity index (χ1v) is 8.70. The Morgan fingerprint density at radius 1 is 1.23 bits per heavy atom. The summed E-state index contributed by atoms with van der Waals surface area (Å²) in [6.45, 7) is 4.24. The van der Waals surface area contributed by atoms with Crippen LogP contribution in [0.2, 0.25) is 0 Å². The van der Waals surface area contributed by atoms with Crippen molar-refractivity contribution in [2.24, 2.45) is 0 Å². The van der Waals surface area contributed by atoms with Gasteiger partial charge in [0.25, 0.3) is 11.5 Å². The summed E-state index contributed by atoms with van der Waals surface area (Å²) in [6.07, 6.45) is 0.723. The minimum atomic E-state index is -0.553. The Morgan fingerprint density at radius 2 is 1.96 bits per heavy atom. The molecule has 3 aromatic rings. The molecule has 2 aromatic carbocycles. The zero-order chi connectivity index (χ0) is 18.4. The van der Waals surface area contributed by atoms with E-state index < -0.39 is 11.5 Å². The number of aromatic nitrogens is 1. The number of hydrogen-bond acceptors (Lipinski definition) is 3. The average molecular weight is 348 g/mol. The minimum absolute atomic E-state index is 0.0355. The molecule has 0 fully saturated rings. The zero-order valence-electron chi connectivity index (χ0n) is 14.7. The molecule has 1 aliphatic heterocycles. The van der Waals surface area contributed by atoms with Crippen molar-refractivity contribution in [1.29, 1.82) is 0 Å². The van der Waals surface area contributed by atoms with E-state index in [-0.39, 0.29) is 17.4 Å². The van der Waals surface area contributed by atoms with E-state index in [2.05, 4.69) is 5.32 Å². The molecule has 4 rings (SSSR count). The van der Waals surface area contributed by atoms with E-state index in [9.17, 15) is 14.7 Å². The quantitative estimate of drug-likeness (QED) is 0.764. The van der Waals surface area contributed by atoms with Crippen LogP contribution in [0, 0.1) is 6.92 Å². The second-order valence-corrected chi connectivity index (χ2v) is 6.93. The molecule has 132 valence electrons. The molecule has 5 nitrogen and oxygen atoms in total. The maximum atomic E-state index is 12.9. The summed E-state index contributed by atoms with van der Waals surface area (Å²) < 4.78 is 1.63. The number of carbonyl (C=O) groups excluding carboxylic acids is 1. The van der Waals surface area contributed by atoms with Gasteiger partial charge in [0.1, 0.15) is 11.3 Å². The second kappa shape index (κ2) is 6.02. The summed E-state index contributed by atoms with van der Waals surface area (Å²) in [5.41, 5.74) is 3.21. The lowest BCUT2D eigenvalue weighted by Crippen LogP contribution is -2.33. The van der Waals surface area contributed by atoms with Crippen LogP contribution in [0.3, 0.4) is 0 Å². The van der Waals surface area contributed by atoms with Crippen LogP contribution in [0.1, 0.15) is 40.0 Å². The van der Waals surface area contributed by atoms with Gasteiger partial charge in [-0.1, -0.05) is 42.0 Å². The SMILES string of the molecule is Cc1ccc(CNC(=O)c2c(O)c3cccc4c3n(c2=O)C(C)C4)cc1. The molecular weight excluding hydrogens is 328 g/mol. The predicted octanol–water partition coefficient (Wildman–Crippen LogP) is 3.06. The fourth-order valence-electron chi connectivity index (χ4n) is 3.70. The molecule has 0 saturated carbocycles. The molecule has 26 heavy (non-hydrogen) atoms. The smallest absolute Gasteiger partial charge is 0.267 e. The van der Waals surface area contributed by atoms with E-state index in [1.54, 1.807) is 10.6 Å². The van der Waals surface area contributed by atoms with E-state index in [0.29, 0.717) is 11.9 Å². The van der Waals surface area contributed by atoms with Gasteiger partial charge >= 0.3 is 0 Å². The summed E-state index contributed by atoms with van der Waals surface area (Å²) >= 11 is 0. The number of para-hydroxylation sites is 1. The predicted molar refractivity (Wildman–Crippen MR) is 101 cm³/mol. The van der Waals surface area contributed by atoms with Crippen molar-refractivity contribution >= 4 is 16.8 Å². The monoisotopic (exact) mass is 348 g/mol. The third kappa shape index (κ3) is 2.47. The third-order valence-electron chi connectivity index (χ3n) is 5.04. The molecule has 5 heteroatoms. The first kappa shape index (κ1) is 16.4. The Hall–Kier alpha value is -3.08. The third-order valence-corrected chi connectivity index (χ3v) is 5.04. The number of aryl methyl sites for hydroxylation is 1. The molecule has 1 atom stereocenters. The van der Waals surface area contributed by atoms with Crippen molar-refractivity contribution in [2.75, 3.05) is 0 Å². The largest absolute Gasteiger partial charge is 0.506 e. The van der Waals surface area contributed by atoms with Gasteiger partial charge in [0.15, 0.2) is 0 Å². The van der Waals surface area contributed by atoms with Gasteiger partial charge in [0.05, 0.1) is 5.52 Å². The highest BCUT2D eigenvalue weighted by Gasteiger charge is 2.29. The summed E-state index contributed by atoms with van der Waals surface area (Å²) in [6, 6.07) is 13.3. The standard InChI is InChI=1S/C21H20N2O3/c1-12-6-8-14(9-7-12)11-22-20(25)17-19(24)16-5-3-4-15-10-13(2)23(18(15)16)21(17)26/h3-9,13,24H,10-11H2,1-2H3,(H,22,25). The molecule has 0 radical (unpaired) electrons. The van der Waals surface area contributed by atoms with Gasteiger partial charge in [-0.25, -0.2) is 0 Å². The lowest BCUT2D eigenvalue weighted by atomic mass is 10.1. The molecule has 1 aromatic heterocycles. The van der Waals surface area contributed by atoms with Crippen LogP contribution in [0.4, 0.5) is 0 Å². The fourth-order valence-corrected chi connectivity index (χ4v) is 3.70. The van der Waals surface area contributed by atoms with Gasteiger partial charge in [-0.15, -0.1) is 0 Å². The van der Waals surface area contributed by atoms with Crippen molar-refractivity contribution in [1.82, 2.24) is 9.88 Å². The number of amides is 1. The van der Waals surface area contributed by atoms with Crippen molar-refractivity contribution < 1.29 is 9.90 Å². The number of carbonyl (C=O) groups is 1. The van der Waals surface area contributed by atoms with E-state index in [1.807, 2.05) is 50.2 Å². The maximum absolute atomic E-state index is 12.9. The topological polar surface area (TPSA) is 71.3 Å². The van der Waals surface area contributed by atoms with Crippen molar-refractivity contribution in [3.8, 4) is 5.75 Å². The second-order valence-electron chi connectivity index (χ2n) is 6.93. The molecule has 0 spiro atoms. The highest BCUT2D eigenvalue weighted by atomic mass is 16.3. The number of nitrogens with zero attached hydrogens (tertiary/aromatic N) is 1. The van der Waals surface area contributed by atoms with Gasteiger partial charge in [0, 0.05) is 18.0 Å². The Kier molecular flexibility index (Phi) is 3.80. The number of pyridine rings is 1. The highest BCUT2D eigenvalue weighted by Crippen LogP contribution is 2.35. The lowest BCUT2D eigenvalue weighted by Gasteiger charge is -2.14. The van der Waals surface area contributed by atoms with Crippen LogP contribution < -0.4 is 10.9 Å². The number of nitrogens with one attached hydrogen (secondary N) is 1. The van der Waals surface area contributed by atoms with Gasteiger partial charge in [-0.05, 0) is 37.5 Å². The van der Waals surface area contributed by atoms with Crippen LogP contribution >= 0.6 is 0 Å². The van der Waals surface area contributed by atoms with E-state index >= 15 is 0 Å². The Balaban J connectivity index is 1.74. The molecule has 2 heterocycles. The number of rotatable bonds is 3. The molecule has 1 amide bonds. The van der Waals surface area contributed by atoms with Crippen LogP contribution in [0.25, 0.3) is 10.9 Å². The summed E-state index contributed by atoms with van der Waals surface area (Å²) in [5, 5.41) is 13.9. The first-order chi connectivity index (χ1) is 12.5. The van der Waals surface area contributed by atoms with E-state index in [1.165, 1.54) is 0 Å². The molecule has 1 unspecified atom stereocenters. The van der Waals surface area contributed by atoms with Crippen LogP contribution in [-0.2, 0) is 13.0 Å². The number of hydrogen-bond donors (Lipinski definition) is 2. The summed E-state index contributed by atoms with van der Waals surface area (Å²) in [7, 11) is 0. The van der Waals surface area contributed by atoms with Crippen LogP contribution in [0.15, 0.2) is 47.3 Å². The number of benzene rings is 2. The molecule has 0 aliphatic carbocycles. The first-order valence-electron chi connectivity index (χ1n) is 8.70. The van der Waals surface area contributed by atoms with Crippen LogP contribution in [-0.4, -0.2) is 15.6 Å². The molecular formula is C21H20N2O3. The Morgan fingerprint density at radius 3 is 2.69 bits per heavy atom. The highest BCUT2D eigenvalue weighted by molar-refractivity contribution is 6.03. The van der Waals surface area contributed by atoms with Crippen molar-refractivity contribution in [3.63, 3.8) is 0 Å². The van der Waals surface area contributed by atoms with E-state index in [4.69, 9.17) is 0 Å². The van der Waals surface area contributed by atoms with Crippen molar-refractivity contribution in [3.05, 3.63) is 75.1 Å². The van der Waals surface area contributed by atoms with Gasteiger partial charge in [-0.2, -0.15) is 0 Å². The molecule has 2 N–H and O–H groups in total. The van der Waals surface area contributed by atoms with E-state index in [0.717, 1.165) is 28.6 Å². The van der Waals surface area contributed by atoms with Gasteiger partial charge < -0.3 is 15.0 Å². The van der Waals surface area contributed by atoms with Gasteiger partial charge in [0.2, 0.25) is 0 Å². The molecule has 0 saturated heterocycles. The Labute approximate surface area is 150 Å². The zero-order valence-corrected chi connectivity index (χ0v) is 14.7. The normalized spacial score (nSPS) is 15.4. The fraction of sp³-hybridized carbons (Fsp3) is 0.238. The van der Waals surface area contributed by atoms with Crippen LogP contribution in [0.5, 0.6) is 5.75 Å². The minimum Gasteiger partial charge on any atom is -0.506 e. The average Bonchev–Trinajstić information content (AvgIpc) is 2.96. The van der Waals surface area contributed by atoms with Crippen molar-refractivity contribution in [2.45, 2.75) is 32.9 Å². The maximum Gasteiger partial charge on any atom is 0.267 e. The number of aromatic hydroxyl groups is 1. The summed E-state index contributed by atoms with van der Waals surface area (Å²) in [5.74, 6) is -0.790. The van der Waals surface area contributed by atoms with Gasteiger partial charge in [-0.3, -0.25) is 9.59 Å². The lowest BCUT2D eigenvalue weighted by molar-refractivity contribution is 0.0946. The summed E-state index contributed by atoms with van der Waals surface area (Å²) in [4.78, 5) is 25.6. The molecule has 0 bridgehead atoms. The molecule has 1 aliphatic rings.